The number of benzene rings is 3. The van der Waals surface area contributed by atoms with Gasteiger partial charge in [0.2, 0.25) is 0 Å². The lowest BCUT2D eigenvalue weighted by Gasteiger charge is -2.23. The van der Waals surface area contributed by atoms with Crippen molar-refractivity contribution in [1.82, 2.24) is 19.7 Å². The van der Waals surface area contributed by atoms with Gasteiger partial charge in [-0.25, -0.2) is 9.07 Å². The molecule has 0 unspecified atom stereocenters. The van der Waals surface area contributed by atoms with Crippen molar-refractivity contribution in [2.24, 2.45) is 0 Å². The van der Waals surface area contributed by atoms with Crippen LogP contribution in [0.5, 0.6) is 5.75 Å². The first kappa shape index (κ1) is 23.9. The van der Waals surface area contributed by atoms with Crippen LogP contribution in [0.1, 0.15) is 27.2 Å². The number of aromatic nitrogens is 3. The summed E-state index contributed by atoms with van der Waals surface area (Å²) in [5.41, 5.74) is 3.98. The molecule has 0 fully saturated rings. The van der Waals surface area contributed by atoms with Crippen LogP contribution in [0.15, 0.2) is 116 Å². The van der Waals surface area contributed by atoms with Crippen molar-refractivity contribution in [3.63, 3.8) is 0 Å². The van der Waals surface area contributed by atoms with E-state index in [1.165, 1.54) is 12.1 Å². The maximum atomic E-state index is 13.5. The van der Waals surface area contributed by atoms with Gasteiger partial charge in [-0.05, 0) is 77.9 Å². The van der Waals surface area contributed by atoms with Gasteiger partial charge in [0, 0.05) is 30.7 Å². The van der Waals surface area contributed by atoms with Gasteiger partial charge in [-0.15, -0.1) is 0 Å². The lowest BCUT2D eigenvalue weighted by molar-refractivity contribution is 0.0728. The smallest absolute Gasteiger partial charge is 0.254 e. The van der Waals surface area contributed by atoms with E-state index in [9.17, 15) is 9.18 Å². The third-order valence-corrected chi connectivity index (χ3v) is 5.84. The maximum Gasteiger partial charge on any atom is 0.254 e. The molecule has 0 aliphatic carbocycles. The van der Waals surface area contributed by atoms with Crippen molar-refractivity contribution in [3.8, 4) is 11.4 Å². The quantitative estimate of drug-likeness (QED) is 0.260. The molecular weight excluding hydrogens is 467 g/mol. The van der Waals surface area contributed by atoms with Crippen molar-refractivity contribution in [2.45, 2.75) is 19.7 Å². The normalized spacial score (nSPS) is 10.7. The molecule has 0 bridgehead atoms. The Morgan fingerprint density at radius 2 is 1.68 bits per heavy atom. The second kappa shape index (κ2) is 11.3. The Balaban J connectivity index is 1.30. The lowest BCUT2D eigenvalue weighted by atomic mass is 10.1. The third kappa shape index (κ3) is 6.27. The summed E-state index contributed by atoms with van der Waals surface area (Å²) in [6.45, 7) is 1.05. The Bertz CT molecular complexity index is 1440. The molecule has 3 aromatic carbocycles. The van der Waals surface area contributed by atoms with E-state index in [4.69, 9.17) is 4.74 Å². The fraction of sp³-hybridized carbons (Fsp3) is 0.100. The molecule has 2 aromatic heterocycles. The SMILES string of the molecule is O=C(c1ccc(-n2cccn2)cc1)N(Cc1ccc(OCc2cccc(F)c2)cc1)Cc1ccccn1. The van der Waals surface area contributed by atoms with Crippen LogP contribution in [-0.2, 0) is 19.7 Å². The molecule has 6 nitrogen and oxygen atoms in total. The molecule has 0 N–H and O–H groups in total. The van der Waals surface area contributed by atoms with Crippen molar-refractivity contribution >= 4 is 5.91 Å². The number of hydrogen-bond donors (Lipinski definition) is 0. The number of halogens is 1. The molecule has 0 aliphatic heterocycles. The highest BCUT2D eigenvalue weighted by molar-refractivity contribution is 5.94. The highest BCUT2D eigenvalue weighted by atomic mass is 19.1. The summed E-state index contributed by atoms with van der Waals surface area (Å²) >= 11 is 0. The van der Waals surface area contributed by atoms with E-state index in [0.717, 1.165) is 22.5 Å². The van der Waals surface area contributed by atoms with Crippen molar-refractivity contribution in [2.75, 3.05) is 0 Å². The van der Waals surface area contributed by atoms with Gasteiger partial charge in [-0.2, -0.15) is 5.10 Å². The van der Waals surface area contributed by atoms with E-state index in [0.29, 0.717) is 24.4 Å². The van der Waals surface area contributed by atoms with Crippen LogP contribution in [0.2, 0.25) is 0 Å². The first-order chi connectivity index (χ1) is 18.1. The summed E-state index contributed by atoms with van der Waals surface area (Å²) in [4.78, 5) is 19.7. The minimum atomic E-state index is -0.287. The largest absolute Gasteiger partial charge is 0.489 e. The fourth-order valence-electron chi connectivity index (χ4n) is 3.95. The maximum absolute atomic E-state index is 13.5. The topological polar surface area (TPSA) is 60.2 Å². The molecule has 0 spiro atoms. The van der Waals surface area contributed by atoms with E-state index >= 15 is 0 Å². The number of amides is 1. The molecular formula is C30H25FN4O2. The minimum absolute atomic E-state index is 0.0934. The summed E-state index contributed by atoms with van der Waals surface area (Å²) in [5, 5.41) is 4.24. The number of ether oxygens (including phenoxy) is 1. The predicted molar refractivity (Wildman–Crippen MR) is 139 cm³/mol. The summed E-state index contributed by atoms with van der Waals surface area (Å²) in [7, 11) is 0. The van der Waals surface area contributed by atoms with E-state index < -0.39 is 0 Å². The van der Waals surface area contributed by atoms with Gasteiger partial charge >= 0.3 is 0 Å². The second-order valence-electron chi connectivity index (χ2n) is 8.54. The van der Waals surface area contributed by atoms with Crippen molar-refractivity contribution in [1.29, 1.82) is 0 Å². The zero-order chi connectivity index (χ0) is 25.5. The number of rotatable bonds is 9. The lowest BCUT2D eigenvalue weighted by Crippen LogP contribution is -2.30. The van der Waals surface area contributed by atoms with Crippen LogP contribution in [0.25, 0.3) is 5.69 Å². The van der Waals surface area contributed by atoms with Gasteiger partial charge in [-0.1, -0.05) is 30.3 Å². The summed E-state index contributed by atoms with van der Waals surface area (Å²) in [6.07, 6.45) is 5.29. The molecule has 0 saturated carbocycles. The van der Waals surface area contributed by atoms with E-state index in [1.54, 1.807) is 28.0 Å². The molecule has 37 heavy (non-hydrogen) atoms. The van der Waals surface area contributed by atoms with Crippen LogP contribution < -0.4 is 4.74 Å². The van der Waals surface area contributed by atoms with Gasteiger partial charge < -0.3 is 9.64 Å². The molecule has 5 rings (SSSR count). The van der Waals surface area contributed by atoms with E-state index in [1.807, 2.05) is 85.1 Å². The van der Waals surface area contributed by atoms with Gasteiger partial charge in [0.15, 0.2) is 0 Å². The number of carbonyl (C=O) groups excluding carboxylic acids is 1. The van der Waals surface area contributed by atoms with Gasteiger partial charge in [0.1, 0.15) is 18.2 Å². The number of pyridine rings is 1. The average molecular weight is 493 g/mol. The zero-order valence-corrected chi connectivity index (χ0v) is 20.1. The number of hydrogen-bond acceptors (Lipinski definition) is 4. The monoisotopic (exact) mass is 492 g/mol. The van der Waals surface area contributed by atoms with Crippen LogP contribution in [0, 0.1) is 5.82 Å². The third-order valence-electron chi connectivity index (χ3n) is 5.84. The second-order valence-corrected chi connectivity index (χ2v) is 8.54. The Morgan fingerprint density at radius 1 is 0.838 bits per heavy atom. The zero-order valence-electron chi connectivity index (χ0n) is 20.1. The molecule has 2 heterocycles. The Kier molecular flexibility index (Phi) is 7.31. The summed E-state index contributed by atoms with van der Waals surface area (Å²) < 4.78 is 20.9. The van der Waals surface area contributed by atoms with Gasteiger partial charge in [0.25, 0.3) is 5.91 Å². The molecule has 0 saturated heterocycles. The van der Waals surface area contributed by atoms with E-state index in [2.05, 4.69) is 10.1 Å². The molecule has 0 atom stereocenters. The van der Waals surface area contributed by atoms with Crippen molar-refractivity contribution < 1.29 is 13.9 Å². The van der Waals surface area contributed by atoms with Crippen LogP contribution in [0.4, 0.5) is 4.39 Å². The Morgan fingerprint density at radius 3 is 2.38 bits per heavy atom. The molecule has 0 aliphatic rings. The molecule has 7 heteroatoms. The average Bonchev–Trinajstić information content (AvgIpc) is 3.48. The number of nitrogens with zero attached hydrogens (tertiary/aromatic N) is 4. The predicted octanol–water partition coefficient (Wildman–Crippen LogP) is 5.83. The molecule has 5 aromatic rings. The molecule has 184 valence electrons. The Hall–Kier alpha value is -4.78. The van der Waals surface area contributed by atoms with Crippen LogP contribution in [-0.4, -0.2) is 25.6 Å². The Labute approximate surface area is 214 Å². The minimum Gasteiger partial charge on any atom is -0.489 e. The van der Waals surface area contributed by atoms with E-state index in [-0.39, 0.29) is 18.3 Å². The fourth-order valence-corrected chi connectivity index (χ4v) is 3.95. The first-order valence-corrected chi connectivity index (χ1v) is 11.9. The number of carbonyl (C=O) groups is 1. The molecule has 1 amide bonds. The standard InChI is InChI=1S/C30H25FN4O2/c31-26-6-3-5-24(19-26)22-37-29-14-8-23(9-15-29)20-34(21-27-7-1-2-16-32-27)30(36)25-10-12-28(13-11-25)35-18-4-17-33-35/h1-19H,20-22H2. The first-order valence-electron chi connectivity index (χ1n) is 11.9. The van der Waals surface area contributed by atoms with Crippen LogP contribution in [0.3, 0.4) is 0 Å². The van der Waals surface area contributed by atoms with Gasteiger partial charge in [0.05, 0.1) is 17.9 Å². The molecule has 0 radical (unpaired) electrons. The highest BCUT2D eigenvalue weighted by Crippen LogP contribution is 2.19. The van der Waals surface area contributed by atoms with Gasteiger partial charge in [-0.3, -0.25) is 9.78 Å². The highest BCUT2D eigenvalue weighted by Gasteiger charge is 2.18. The summed E-state index contributed by atoms with van der Waals surface area (Å²) in [6, 6.07) is 28.8. The van der Waals surface area contributed by atoms with Crippen molar-refractivity contribution in [3.05, 3.63) is 144 Å². The summed E-state index contributed by atoms with van der Waals surface area (Å²) in [5.74, 6) is 0.291. The van der Waals surface area contributed by atoms with Crippen LogP contribution >= 0.6 is 0 Å².